The van der Waals surface area contributed by atoms with Crippen LogP contribution >= 0.6 is 0 Å². The maximum atomic E-state index is 4.82. The second-order valence-electron chi connectivity index (χ2n) is 1.88. The predicted octanol–water partition coefficient (Wildman–Crippen LogP) is 0.957. The van der Waals surface area contributed by atoms with Crippen LogP contribution < -0.4 is 14.8 Å². The minimum Gasteiger partial charge on any atom is -0.467 e. The summed E-state index contributed by atoms with van der Waals surface area (Å²) in [5, 5.41) is 2.75. The van der Waals surface area contributed by atoms with Crippen molar-refractivity contribution >= 4 is 5.95 Å². The van der Waals surface area contributed by atoms with Crippen LogP contribution in [-0.2, 0) is 0 Å². The summed E-state index contributed by atoms with van der Waals surface area (Å²) in [7, 11) is 4.66. The molecule has 1 aromatic heterocycles. The zero-order chi connectivity index (χ0) is 11.0. The molecule has 0 atom stereocenters. The highest BCUT2D eigenvalue weighted by atomic mass is 16.5. The lowest BCUT2D eigenvalue weighted by molar-refractivity contribution is 0.341. The van der Waals surface area contributed by atoms with Crippen LogP contribution in [0.4, 0.5) is 5.95 Å². The van der Waals surface area contributed by atoms with E-state index in [1.165, 1.54) is 14.2 Å². The molecule has 0 bridgehead atoms. The van der Waals surface area contributed by atoms with Gasteiger partial charge in [-0.1, -0.05) is 13.8 Å². The number of hydrogen-bond acceptors (Lipinski definition) is 6. The number of ether oxygens (including phenoxy) is 2. The van der Waals surface area contributed by atoms with Crippen LogP contribution in [0, 0.1) is 0 Å². The van der Waals surface area contributed by atoms with E-state index in [0.717, 1.165) is 0 Å². The first-order chi connectivity index (χ1) is 6.80. The SMILES string of the molecule is CC.CNc1nc(OC)nc(OC)n1. The molecule has 0 fully saturated rings. The van der Waals surface area contributed by atoms with Crippen molar-refractivity contribution in [3.05, 3.63) is 0 Å². The maximum absolute atomic E-state index is 4.82. The molecule has 0 aliphatic rings. The van der Waals surface area contributed by atoms with Crippen LogP contribution in [-0.4, -0.2) is 36.2 Å². The molecule has 0 aliphatic heterocycles. The molecular weight excluding hydrogens is 184 g/mol. The Balaban J connectivity index is 0.000000791. The van der Waals surface area contributed by atoms with E-state index in [9.17, 15) is 0 Å². The summed E-state index contributed by atoms with van der Waals surface area (Å²) >= 11 is 0. The molecule has 6 nitrogen and oxygen atoms in total. The van der Waals surface area contributed by atoms with Crippen LogP contribution in [0.5, 0.6) is 12.0 Å². The van der Waals surface area contributed by atoms with E-state index in [2.05, 4.69) is 20.3 Å². The highest BCUT2D eigenvalue weighted by Gasteiger charge is 2.04. The lowest BCUT2D eigenvalue weighted by Gasteiger charge is -2.03. The Labute approximate surface area is 83.7 Å². The first-order valence-corrected chi connectivity index (χ1v) is 4.32. The van der Waals surface area contributed by atoms with Gasteiger partial charge in [0.1, 0.15) is 0 Å². The second-order valence-corrected chi connectivity index (χ2v) is 1.88. The van der Waals surface area contributed by atoms with Gasteiger partial charge in [-0.25, -0.2) is 0 Å². The zero-order valence-corrected chi connectivity index (χ0v) is 9.16. The van der Waals surface area contributed by atoms with Crippen LogP contribution in [0.15, 0.2) is 0 Å². The number of nitrogens with one attached hydrogen (secondary N) is 1. The molecule has 0 saturated carbocycles. The van der Waals surface area contributed by atoms with Crippen LogP contribution in [0.3, 0.4) is 0 Å². The predicted molar refractivity (Wildman–Crippen MR) is 53.8 cm³/mol. The monoisotopic (exact) mass is 200 g/mol. The van der Waals surface area contributed by atoms with Crippen molar-refractivity contribution in [2.45, 2.75) is 13.8 Å². The topological polar surface area (TPSA) is 69.2 Å². The number of methoxy groups -OCH3 is 2. The normalized spacial score (nSPS) is 8.36. The van der Waals surface area contributed by atoms with Gasteiger partial charge in [-0.15, -0.1) is 4.98 Å². The van der Waals surface area contributed by atoms with Gasteiger partial charge in [0, 0.05) is 7.05 Å². The maximum Gasteiger partial charge on any atom is 0.324 e. The molecule has 0 aromatic carbocycles. The van der Waals surface area contributed by atoms with Gasteiger partial charge in [0.2, 0.25) is 5.95 Å². The molecule has 0 amide bonds. The van der Waals surface area contributed by atoms with Crippen LogP contribution in [0.2, 0.25) is 0 Å². The molecular formula is C8H16N4O2. The standard InChI is InChI=1S/C6H10N4O2.C2H6/c1-7-4-8-5(11-2)10-6(9-4)12-3;1-2/h1-3H3,(H,7,8,9,10);1-2H3. The Morgan fingerprint density at radius 2 is 1.36 bits per heavy atom. The van der Waals surface area contributed by atoms with Crippen molar-refractivity contribution in [1.29, 1.82) is 0 Å². The summed E-state index contributed by atoms with van der Waals surface area (Å²) < 4.78 is 9.63. The Morgan fingerprint density at radius 3 is 1.64 bits per heavy atom. The van der Waals surface area contributed by atoms with Crippen molar-refractivity contribution < 1.29 is 9.47 Å². The molecule has 1 heterocycles. The Morgan fingerprint density at radius 1 is 0.929 bits per heavy atom. The smallest absolute Gasteiger partial charge is 0.324 e. The molecule has 1 aromatic rings. The van der Waals surface area contributed by atoms with E-state index < -0.39 is 0 Å². The molecule has 80 valence electrons. The average Bonchev–Trinajstić information content (AvgIpc) is 2.30. The van der Waals surface area contributed by atoms with Gasteiger partial charge in [0.05, 0.1) is 14.2 Å². The Kier molecular flexibility index (Phi) is 6.09. The quantitative estimate of drug-likeness (QED) is 0.783. The second kappa shape index (κ2) is 6.88. The molecule has 14 heavy (non-hydrogen) atoms. The van der Waals surface area contributed by atoms with Crippen molar-refractivity contribution in [3.63, 3.8) is 0 Å². The van der Waals surface area contributed by atoms with E-state index in [0.29, 0.717) is 5.95 Å². The Bertz CT molecular complexity index is 212. The fourth-order valence-corrected chi connectivity index (χ4v) is 0.632. The van der Waals surface area contributed by atoms with Gasteiger partial charge in [0.25, 0.3) is 0 Å². The number of aromatic nitrogens is 3. The number of hydrogen-bond donors (Lipinski definition) is 1. The summed E-state index contributed by atoms with van der Waals surface area (Å²) in [6.45, 7) is 4.00. The third-order valence-corrected chi connectivity index (χ3v) is 1.18. The van der Waals surface area contributed by atoms with E-state index in [-0.39, 0.29) is 12.0 Å². The molecule has 0 aliphatic carbocycles. The largest absolute Gasteiger partial charge is 0.467 e. The summed E-state index contributed by atoms with van der Waals surface area (Å²) in [5.74, 6) is 0.415. The molecule has 0 unspecified atom stereocenters. The van der Waals surface area contributed by atoms with Gasteiger partial charge < -0.3 is 14.8 Å². The van der Waals surface area contributed by atoms with Crippen molar-refractivity contribution in [3.8, 4) is 12.0 Å². The van der Waals surface area contributed by atoms with E-state index in [1.807, 2.05) is 13.8 Å². The van der Waals surface area contributed by atoms with Gasteiger partial charge in [0.15, 0.2) is 0 Å². The summed E-state index contributed by atoms with van der Waals surface area (Å²) in [6, 6.07) is 0.456. The zero-order valence-electron chi connectivity index (χ0n) is 9.16. The van der Waals surface area contributed by atoms with E-state index in [4.69, 9.17) is 9.47 Å². The van der Waals surface area contributed by atoms with Crippen LogP contribution in [0.1, 0.15) is 13.8 Å². The number of nitrogens with zero attached hydrogens (tertiary/aromatic N) is 3. The summed E-state index contributed by atoms with van der Waals surface area (Å²) in [6.07, 6.45) is 0. The van der Waals surface area contributed by atoms with Crippen LogP contribution in [0.25, 0.3) is 0 Å². The minimum absolute atomic E-state index is 0.228. The fraction of sp³-hybridized carbons (Fsp3) is 0.625. The third kappa shape index (κ3) is 3.42. The van der Waals surface area contributed by atoms with Gasteiger partial charge in [-0.3, -0.25) is 0 Å². The van der Waals surface area contributed by atoms with Gasteiger partial charge in [-0.05, 0) is 0 Å². The number of anilines is 1. The highest BCUT2D eigenvalue weighted by molar-refractivity contribution is 5.25. The molecule has 6 heteroatoms. The van der Waals surface area contributed by atoms with Crippen molar-refractivity contribution in [2.75, 3.05) is 26.6 Å². The van der Waals surface area contributed by atoms with E-state index >= 15 is 0 Å². The highest BCUT2D eigenvalue weighted by Crippen LogP contribution is 2.10. The lowest BCUT2D eigenvalue weighted by Crippen LogP contribution is -2.03. The number of rotatable bonds is 3. The molecule has 0 radical (unpaired) electrons. The van der Waals surface area contributed by atoms with E-state index in [1.54, 1.807) is 7.05 Å². The van der Waals surface area contributed by atoms with Gasteiger partial charge >= 0.3 is 12.0 Å². The average molecular weight is 200 g/mol. The summed E-state index contributed by atoms with van der Waals surface area (Å²) in [4.78, 5) is 11.6. The first kappa shape index (κ1) is 12.4. The lowest BCUT2D eigenvalue weighted by atomic mass is 10.9. The molecule has 0 spiro atoms. The Hall–Kier alpha value is -1.59. The fourth-order valence-electron chi connectivity index (χ4n) is 0.632. The third-order valence-electron chi connectivity index (χ3n) is 1.18. The molecule has 1 rings (SSSR count). The molecule has 1 N–H and O–H groups in total. The van der Waals surface area contributed by atoms with Crippen molar-refractivity contribution in [2.24, 2.45) is 0 Å². The molecule has 0 saturated heterocycles. The van der Waals surface area contributed by atoms with Gasteiger partial charge in [-0.2, -0.15) is 9.97 Å². The van der Waals surface area contributed by atoms with Crippen molar-refractivity contribution in [1.82, 2.24) is 15.0 Å². The first-order valence-electron chi connectivity index (χ1n) is 4.32. The summed E-state index contributed by atoms with van der Waals surface area (Å²) in [5.41, 5.74) is 0. The minimum atomic E-state index is 0.228.